The third kappa shape index (κ3) is 3.97. The average molecular weight is 293 g/mol. The number of anilines is 1. The Bertz CT molecular complexity index is 479. The fraction of sp³-hybridized carbons (Fsp3) is 0.667. The number of hydrogen-bond acceptors (Lipinski definition) is 2. The molecule has 2 unspecified atom stereocenters. The van der Waals surface area contributed by atoms with Gasteiger partial charge in [-0.15, -0.1) is 0 Å². The lowest BCUT2D eigenvalue weighted by molar-refractivity contribution is 0.199. The molecular formula is C18H28FNO. The van der Waals surface area contributed by atoms with E-state index in [0.29, 0.717) is 22.6 Å². The molecule has 0 aliphatic carbocycles. The van der Waals surface area contributed by atoms with Crippen molar-refractivity contribution in [3.63, 3.8) is 0 Å². The van der Waals surface area contributed by atoms with E-state index in [1.54, 1.807) is 6.92 Å². The molecule has 2 rings (SSSR count). The highest BCUT2D eigenvalue weighted by atomic mass is 19.1. The zero-order chi connectivity index (χ0) is 15.6. The summed E-state index contributed by atoms with van der Waals surface area (Å²) in [5.41, 5.74) is 1.64. The lowest BCUT2D eigenvalue weighted by Gasteiger charge is -2.30. The maximum Gasteiger partial charge on any atom is 0.146 e. The topological polar surface area (TPSA) is 23.5 Å². The van der Waals surface area contributed by atoms with Crippen molar-refractivity contribution in [2.75, 3.05) is 18.0 Å². The summed E-state index contributed by atoms with van der Waals surface area (Å²) in [5, 5.41) is 9.54. The van der Waals surface area contributed by atoms with E-state index in [-0.39, 0.29) is 5.82 Å². The predicted molar refractivity (Wildman–Crippen MR) is 86.0 cm³/mol. The molecule has 0 amide bonds. The molecule has 0 saturated carbocycles. The molecule has 1 N–H and O–H groups in total. The fourth-order valence-electron chi connectivity index (χ4n) is 3.24. The molecule has 21 heavy (non-hydrogen) atoms. The first kappa shape index (κ1) is 16.3. The van der Waals surface area contributed by atoms with Crippen LogP contribution in [0.15, 0.2) is 18.2 Å². The van der Waals surface area contributed by atoms with E-state index in [0.717, 1.165) is 25.9 Å². The van der Waals surface area contributed by atoms with Gasteiger partial charge in [0, 0.05) is 13.1 Å². The van der Waals surface area contributed by atoms with Gasteiger partial charge in [0.2, 0.25) is 0 Å². The Morgan fingerprint density at radius 3 is 2.52 bits per heavy atom. The molecule has 2 atom stereocenters. The number of hydrogen-bond donors (Lipinski definition) is 1. The first-order valence-electron chi connectivity index (χ1n) is 8.01. The standard InChI is InChI=1S/C18H28FNO/c1-13(21)14-7-8-17(16(19)12-14)20-10-5-6-15(9-11-20)18(2,3)4/h7-8,12-13,15,21H,5-6,9-11H2,1-4H3. The van der Waals surface area contributed by atoms with Crippen LogP contribution in [-0.2, 0) is 0 Å². The van der Waals surface area contributed by atoms with E-state index in [9.17, 15) is 9.50 Å². The summed E-state index contributed by atoms with van der Waals surface area (Å²) in [6, 6.07) is 5.11. The van der Waals surface area contributed by atoms with Crippen molar-refractivity contribution in [3.05, 3.63) is 29.6 Å². The highest BCUT2D eigenvalue weighted by Gasteiger charge is 2.27. The minimum Gasteiger partial charge on any atom is -0.389 e. The van der Waals surface area contributed by atoms with Gasteiger partial charge in [-0.2, -0.15) is 0 Å². The van der Waals surface area contributed by atoms with Gasteiger partial charge in [0.15, 0.2) is 0 Å². The first-order valence-corrected chi connectivity index (χ1v) is 8.01. The van der Waals surface area contributed by atoms with Gasteiger partial charge < -0.3 is 10.0 Å². The molecule has 2 nitrogen and oxygen atoms in total. The fourth-order valence-corrected chi connectivity index (χ4v) is 3.24. The minimum absolute atomic E-state index is 0.220. The second-order valence-electron chi connectivity index (χ2n) is 7.37. The van der Waals surface area contributed by atoms with Gasteiger partial charge in [-0.05, 0) is 55.2 Å². The summed E-state index contributed by atoms with van der Waals surface area (Å²) < 4.78 is 14.3. The summed E-state index contributed by atoms with van der Waals surface area (Å²) in [6.07, 6.45) is 2.82. The molecule has 1 aliphatic rings. The van der Waals surface area contributed by atoms with Crippen molar-refractivity contribution < 1.29 is 9.50 Å². The van der Waals surface area contributed by atoms with Crippen LogP contribution in [0.3, 0.4) is 0 Å². The van der Waals surface area contributed by atoms with Gasteiger partial charge >= 0.3 is 0 Å². The summed E-state index contributed by atoms with van der Waals surface area (Å²) >= 11 is 0. The molecule has 3 heteroatoms. The molecule has 1 heterocycles. The van der Waals surface area contributed by atoms with Crippen molar-refractivity contribution in [1.29, 1.82) is 0 Å². The molecule has 0 aromatic heterocycles. The van der Waals surface area contributed by atoms with Crippen LogP contribution in [0.1, 0.15) is 58.6 Å². The van der Waals surface area contributed by atoms with Crippen LogP contribution >= 0.6 is 0 Å². The third-order valence-electron chi connectivity index (χ3n) is 4.75. The summed E-state index contributed by atoms with van der Waals surface area (Å²) in [6.45, 7) is 10.4. The lowest BCUT2D eigenvalue weighted by Crippen LogP contribution is -2.26. The van der Waals surface area contributed by atoms with E-state index < -0.39 is 6.10 Å². The molecular weight excluding hydrogens is 265 g/mol. The lowest BCUT2D eigenvalue weighted by atomic mass is 9.77. The Morgan fingerprint density at radius 1 is 1.24 bits per heavy atom. The van der Waals surface area contributed by atoms with Crippen molar-refractivity contribution in [2.45, 2.75) is 53.1 Å². The van der Waals surface area contributed by atoms with Gasteiger partial charge in [-0.1, -0.05) is 26.8 Å². The van der Waals surface area contributed by atoms with E-state index in [2.05, 4.69) is 25.7 Å². The average Bonchev–Trinajstić information content (AvgIpc) is 2.63. The number of aliphatic hydroxyl groups is 1. The zero-order valence-corrected chi connectivity index (χ0v) is 13.7. The number of rotatable bonds is 2. The van der Waals surface area contributed by atoms with Crippen molar-refractivity contribution in [2.24, 2.45) is 11.3 Å². The van der Waals surface area contributed by atoms with Gasteiger partial charge in [0.25, 0.3) is 0 Å². The van der Waals surface area contributed by atoms with Gasteiger partial charge in [-0.25, -0.2) is 4.39 Å². The van der Waals surface area contributed by atoms with E-state index in [1.165, 1.54) is 12.5 Å². The molecule has 1 aromatic rings. The smallest absolute Gasteiger partial charge is 0.146 e. The van der Waals surface area contributed by atoms with Crippen LogP contribution in [0.5, 0.6) is 0 Å². The maximum atomic E-state index is 14.3. The highest BCUT2D eigenvalue weighted by Crippen LogP contribution is 2.35. The molecule has 118 valence electrons. The Hall–Kier alpha value is -1.09. The Labute approximate surface area is 128 Å². The number of benzene rings is 1. The third-order valence-corrected chi connectivity index (χ3v) is 4.75. The number of nitrogens with zero attached hydrogens (tertiary/aromatic N) is 1. The van der Waals surface area contributed by atoms with E-state index >= 15 is 0 Å². The van der Waals surface area contributed by atoms with Crippen LogP contribution in [0.4, 0.5) is 10.1 Å². The minimum atomic E-state index is -0.622. The molecule has 1 saturated heterocycles. The van der Waals surface area contributed by atoms with Crippen molar-refractivity contribution >= 4 is 5.69 Å². The van der Waals surface area contributed by atoms with Gasteiger partial charge in [0.05, 0.1) is 11.8 Å². The Kier molecular flexibility index (Phi) is 4.92. The maximum absolute atomic E-state index is 14.3. The monoisotopic (exact) mass is 293 g/mol. The summed E-state index contributed by atoms with van der Waals surface area (Å²) in [7, 11) is 0. The van der Waals surface area contributed by atoms with Crippen molar-refractivity contribution in [1.82, 2.24) is 0 Å². The van der Waals surface area contributed by atoms with Crippen LogP contribution in [0, 0.1) is 17.2 Å². The second kappa shape index (κ2) is 6.35. The predicted octanol–water partition coefficient (Wildman–Crippen LogP) is 4.53. The van der Waals surface area contributed by atoms with Gasteiger partial charge in [0.1, 0.15) is 5.82 Å². The number of halogens is 1. The quantitative estimate of drug-likeness (QED) is 0.866. The highest BCUT2D eigenvalue weighted by molar-refractivity contribution is 5.49. The summed E-state index contributed by atoms with van der Waals surface area (Å²) in [5.74, 6) is 0.477. The molecule has 1 fully saturated rings. The largest absolute Gasteiger partial charge is 0.389 e. The van der Waals surface area contributed by atoms with Crippen LogP contribution in [-0.4, -0.2) is 18.2 Å². The van der Waals surface area contributed by atoms with E-state index in [1.807, 2.05) is 12.1 Å². The molecule has 0 radical (unpaired) electrons. The van der Waals surface area contributed by atoms with Crippen LogP contribution < -0.4 is 4.90 Å². The van der Waals surface area contributed by atoms with Crippen LogP contribution in [0.2, 0.25) is 0 Å². The Balaban J connectivity index is 2.12. The normalized spacial score (nSPS) is 22.0. The van der Waals surface area contributed by atoms with Gasteiger partial charge in [-0.3, -0.25) is 0 Å². The second-order valence-corrected chi connectivity index (χ2v) is 7.37. The van der Waals surface area contributed by atoms with E-state index in [4.69, 9.17) is 0 Å². The molecule has 1 aliphatic heterocycles. The molecule has 0 spiro atoms. The molecule has 1 aromatic carbocycles. The Morgan fingerprint density at radius 2 is 1.95 bits per heavy atom. The van der Waals surface area contributed by atoms with Crippen LogP contribution in [0.25, 0.3) is 0 Å². The number of aliphatic hydroxyl groups excluding tert-OH is 1. The SMILES string of the molecule is CC(O)c1ccc(N2CCCC(C(C)(C)C)CC2)c(F)c1. The zero-order valence-electron chi connectivity index (χ0n) is 13.7. The first-order chi connectivity index (χ1) is 9.79. The van der Waals surface area contributed by atoms with Crippen molar-refractivity contribution in [3.8, 4) is 0 Å². The molecule has 0 bridgehead atoms. The summed E-state index contributed by atoms with van der Waals surface area (Å²) in [4.78, 5) is 2.16.